The quantitative estimate of drug-likeness (QED) is 0.132. The molecule has 0 saturated heterocycles. The molecule has 0 aliphatic heterocycles. The molecule has 0 amide bonds. The van der Waals surface area contributed by atoms with Crippen molar-refractivity contribution in [3.05, 3.63) is 138 Å². The van der Waals surface area contributed by atoms with Crippen molar-refractivity contribution in [3.8, 4) is 44.6 Å². The van der Waals surface area contributed by atoms with Crippen LogP contribution in [0.5, 0.6) is 0 Å². The van der Waals surface area contributed by atoms with Crippen LogP contribution in [-0.4, -0.2) is 4.98 Å². The molecule has 0 N–H and O–H groups in total. The molecule has 4 aromatic carbocycles. The summed E-state index contributed by atoms with van der Waals surface area (Å²) in [5.41, 5.74) is 15.2. The summed E-state index contributed by atoms with van der Waals surface area (Å²) in [7, 11) is 0. The van der Waals surface area contributed by atoms with Gasteiger partial charge in [0.05, 0.1) is 0 Å². The van der Waals surface area contributed by atoms with Crippen LogP contribution in [0.15, 0.2) is 110 Å². The first-order valence-electron chi connectivity index (χ1n) is 13.7. The summed E-state index contributed by atoms with van der Waals surface area (Å²) < 4.78 is 0. The summed E-state index contributed by atoms with van der Waals surface area (Å²) in [6.45, 7) is 14.5. The second kappa shape index (κ2) is 10.4. The first kappa shape index (κ1) is 28.0. The molecule has 0 spiro atoms. The second-order valence-electron chi connectivity index (χ2n) is 11.6. The van der Waals surface area contributed by atoms with Gasteiger partial charge in [-0.15, -0.1) is 35.9 Å². The van der Waals surface area contributed by atoms with Crippen molar-refractivity contribution in [2.24, 2.45) is 0 Å². The van der Waals surface area contributed by atoms with Crippen LogP contribution in [0.2, 0.25) is 0 Å². The van der Waals surface area contributed by atoms with Gasteiger partial charge >= 0.3 is 0 Å². The normalized spacial score (nSPS) is 14.4. The van der Waals surface area contributed by atoms with Gasteiger partial charge in [0.15, 0.2) is 0 Å². The largest absolute Gasteiger partial charge is 0.304 e. The minimum atomic E-state index is -0.0233. The Bertz CT molecular complexity index is 1600. The van der Waals surface area contributed by atoms with Gasteiger partial charge in [0.1, 0.15) is 0 Å². The first-order valence-corrected chi connectivity index (χ1v) is 13.7. The number of benzene rings is 4. The topological polar surface area (TPSA) is 12.9 Å². The molecule has 1 heterocycles. The Balaban J connectivity index is 0.000000774. The summed E-state index contributed by atoms with van der Waals surface area (Å²) in [5.74, 6) is 0. The number of fused-ring (bicyclic) bond motifs is 6. The molecule has 2 heteroatoms. The number of pyridine rings is 1. The van der Waals surface area contributed by atoms with E-state index in [0.717, 1.165) is 16.8 Å². The van der Waals surface area contributed by atoms with Gasteiger partial charge in [0.25, 0.3) is 0 Å². The third kappa shape index (κ3) is 4.31. The SMILES string of the molecule is C=CC.CC1(C)c2ccccc2-c2c[c-]c(-c3ccc(-c4ccc5c(c4)C(C)(C)c4ccccc4-5)cn3)cc21.[Ir]. The molecule has 40 heavy (non-hydrogen) atoms. The minimum Gasteiger partial charge on any atom is -0.304 e. The van der Waals surface area contributed by atoms with Gasteiger partial charge in [-0.2, -0.15) is 0 Å². The Kier molecular flexibility index (Phi) is 7.29. The molecule has 0 bridgehead atoms. The number of aromatic nitrogens is 1. The molecule has 2 aliphatic rings. The minimum absolute atomic E-state index is 0. The summed E-state index contributed by atoms with van der Waals surface area (Å²) in [6, 6.07) is 36.7. The zero-order valence-electron chi connectivity index (χ0n) is 23.8. The Morgan fingerprint density at radius 2 is 1.18 bits per heavy atom. The smallest absolute Gasteiger partial charge is 0.0239 e. The molecule has 1 radical (unpaired) electrons. The molecule has 0 saturated carbocycles. The van der Waals surface area contributed by atoms with Crippen molar-refractivity contribution < 1.29 is 20.1 Å². The molecule has 0 atom stereocenters. The van der Waals surface area contributed by atoms with Crippen LogP contribution < -0.4 is 0 Å². The van der Waals surface area contributed by atoms with Crippen molar-refractivity contribution in [3.63, 3.8) is 0 Å². The van der Waals surface area contributed by atoms with Gasteiger partial charge < -0.3 is 4.98 Å². The van der Waals surface area contributed by atoms with E-state index in [1.807, 2.05) is 13.1 Å². The zero-order valence-corrected chi connectivity index (χ0v) is 26.2. The molecule has 201 valence electrons. The second-order valence-corrected chi connectivity index (χ2v) is 11.6. The van der Waals surface area contributed by atoms with Crippen LogP contribution in [-0.2, 0) is 30.9 Å². The molecule has 2 aliphatic carbocycles. The number of nitrogens with zero attached hydrogens (tertiary/aromatic N) is 1. The maximum Gasteiger partial charge on any atom is 0.0239 e. The van der Waals surface area contributed by atoms with Gasteiger partial charge in [-0.25, -0.2) is 0 Å². The Labute approximate surface area is 252 Å². The van der Waals surface area contributed by atoms with E-state index < -0.39 is 0 Å². The van der Waals surface area contributed by atoms with Crippen LogP contribution in [0.1, 0.15) is 56.9 Å². The number of allylic oxidation sites excluding steroid dienone is 1. The summed E-state index contributed by atoms with van der Waals surface area (Å²) in [6.07, 6.45) is 3.76. The van der Waals surface area contributed by atoms with Gasteiger partial charge in [0, 0.05) is 31.7 Å². The average molecular weight is 697 g/mol. The van der Waals surface area contributed by atoms with E-state index >= 15 is 0 Å². The molecule has 0 unspecified atom stereocenters. The van der Waals surface area contributed by atoms with Crippen LogP contribution in [0.4, 0.5) is 0 Å². The average Bonchev–Trinajstić information content (AvgIpc) is 3.33. The monoisotopic (exact) mass is 697 g/mol. The van der Waals surface area contributed by atoms with E-state index in [-0.39, 0.29) is 30.9 Å². The zero-order chi connectivity index (χ0) is 27.4. The fraction of sp³-hybridized carbons (Fsp3) is 0.184. The van der Waals surface area contributed by atoms with Crippen molar-refractivity contribution in [1.82, 2.24) is 4.98 Å². The molecule has 0 fully saturated rings. The Morgan fingerprint density at radius 3 is 1.77 bits per heavy atom. The molecule has 5 aromatic rings. The van der Waals surface area contributed by atoms with E-state index in [4.69, 9.17) is 4.98 Å². The van der Waals surface area contributed by atoms with Crippen LogP contribution in [0.25, 0.3) is 44.6 Å². The summed E-state index contributed by atoms with van der Waals surface area (Å²) >= 11 is 0. The van der Waals surface area contributed by atoms with Crippen LogP contribution in [0.3, 0.4) is 0 Å². The predicted octanol–water partition coefficient (Wildman–Crippen LogP) is 10.0. The third-order valence-electron chi connectivity index (χ3n) is 8.47. The van der Waals surface area contributed by atoms with Crippen LogP contribution >= 0.6 is 0 Å². The first-order chi connectivity index (χ1) is 18.8. The maximum absolute atomic E-state index is 4.89. The van der Waals surface area contributed by atoms with Crippen LogP contribution in [0, 0.1) is 6.07 Å². The van der Waals surface area contributed by atoms with Crippen molar-refractivity contribution in [2.45, 2.75) is 45.4 Å². The number of rotatable bonds is 2. The molecule has 7 rings (SSSR count). The van der Waals surface area contributed by atoms with E-state index in [2.05, 4.69) is 131 Å². The number of hydrogen-bond acceptors (Lipinski definition) is 1. The predicted molar refractivity (Wildman–Crippen MR) is 165 cm³/mol. The summed E-state index contributed by atoms with van der Waals surface area (Å²) in [4.78, 5) is 4.89. The molecular formula is C38H34IrN-. The van der Waals surface area contributed by atoms with Gasteiger partial charge in [-0.3, -0.25) is 0 Å². The van der Waals surface area contributed by atoms with Gasteiger partial charge in [-0.1, -0.05) is 118 Å². The third-order valence-corrected chi connectivity index (χ3v) is 8.47. The standard InChI is InChI=1S/C35H28N.C3H6.Ir/c1-34(2)29-11-7-5-9-25(29)27-16-13-22(19-31(27)34)24-15-18-33(36-21-24)23-14-17-28-26-10-6-8-12-30(26)35(3,4)32(28)20-23;1-3-2;/h5-13,15-21H,1-4H3;3H,1H2,2H3;/q-1;;. The molecule has 1 nitrogen and oxygen atoms in total. The molecule has 1 aromatic heterocycles. The van der Waals surface area contributed by atoms with E-state index in [9.17, 15) is 0 Å². The Hall–Kier alpha value is -3.58. The van der Waals surface area contributed by atoms with Gasteiger partial charge in [0.2, 0.25) is 0 Å². The summed E-state index contributed by atoms with van der Waals surface area (Å²) in [5, 5.41) is 0. The fourth-order valence-corrected chi connectivity index (χ4v) is 6.40. The van der Waals surface area contributed by atoms with Crippen molar-refractivity contribution in [1.29, 1.82) is 0 Å². The number of hydrogen-bond donors (Lipinski definition) is 0. The Morgan fingerprint density at radius 1 is 0.650 bits per heavy atom. The van der Waals surface area contributed by atoms with E-state index in [0.29, 0.717) is 0 Å². The fourth-order valence-electron chi connectivity index (χ4n) is 6.40. The van der Waals surface area contributed by atoms with E-state index in [1.54, 1.807) is 6.08 Å². The maximum atomic E-state index is 4.89. The van der Waals surface area contributed by atoms with Gasteiger partial charge in [-0.05, 0) is 63.0 Å². The van der Waals surface area contributed by atoms with E-state index in [1.165, 1.54) is 50.1 Å². The molecular weight excluding hydrogens is 663 g/mol. The van der Waals surface area contributed by atoms with Crippen molar-refractivity contribution in [2.75, 3.05) is 0 Å². The van der Waals surface area contributed by atoms with Crippen molar-refractivity contribution >= 4 is 0 Å².